The molecule has 0 bridgehead atoms. The van der Waals surface area contributed by atoms with Gasteiger partial charge in [0.25, 0.3) is 0 Å². The van der Waals surface area contributed by atoms with Crippen LogP contribution in [-0.4, -0.2) is 0 Å². The molecule has 0 aliphatic carbocycles. The molecule has 0 aliphatic heterocycles. The van der Waals surface area contributed by atoms with Crippen LogP contribution in [0.4, 0.5) is 17.6 Å². The topological polar surface area (TPSA) is 26.0 Å². The van der Waals surface area contributed by atoms with Crippen molar-refractivity contribution in [2.75, 3.05) is 0 Å². The molecule has 0 aliphatic rings. The summed E-state index contributed by atoms with van der Waals surface area (Å²) in [5, 5.41) is 0. The van der Waals surface area contributed by atoms with Crippen LogP contribution in [0.25, 0.3) is 0 Å². The molecule has 0 heterocycles. The Morgan fingerprint density at radius 3 is 1.95 bits per heavy atom. The SMILES string of the molecule is Cc1ccc(F)c(C(N)c2c(F)cccc2F)c1F. The first-order valence-electron chi connectivity index (χ1n) is 5.57. The summed E-state index contributed by atoms with van der Waals surface area (Å²) < 4.78 is 54.7. The number of hydrogen-bond acceptors (Lipinski definition) is 1. The third kappa shape index (κ3) is 2.33. The van der Waals surface area contributed by atoms with E-state index in [4.69, 9.17) is 5.73 Å². The average molecular weight is 269 g/mol. The first-order chi connectivity index (χ1) is 8.93. The predicted octanol–water partition coefficient (Wildman–Crippen LogP) is 3.60. The van der Waals surface area contributed by atoms with Gasteiger partial charge in [0, 0.05) is 11.1 Å². The van der Waals surface area contributed by atoms with Gasteiger partial charge in [0.15, 0.2) is 0 Å². The minimum atomic E-state index is -1.54. The molecule has 100 valence electrons. The molecule has 0 spiro atoms. The zero-order valence-electron chi connectivity index (χ0n) is 10.1. The average Bonchev–Trinajstić information content (AvgIpc) is 2.34. The van der Waals surface area contributed by atoms with Gasteiger partial charge in [-0.15, -0.1) is 0 Å². The van der Waals surface area contributed by atoms with E-state index in [1.54, 1.807) is 0 Å². The molecule has 0 radical (unpaired) electrons. The Hall–Kier alpha value is -1.88. The van der Waals surface area contributed by atoms with Gasteiger partial charge in [0.05, 0.1) is 6.04 Å². The number of nitrogens with two attached hydrogens (primary N) is 1. The van der Waals surface area contributed by atoms with E-state index >= 15 is 0 Å². The maximum atomic E-state index is 13.9. The predicted molar refractivity (Wildman–Crippen MR) is 63.5 cm³/mol. The van der Waals surface area contributed by atoms with E-state index < -0.39 is 40.4 Å². The van der Waals surface area contributed by atoms with Crippen LogP contribution >= 0.6 is 0 Å². The molecule has 2 aromatic carbocycles. The Morgan fingerprint density at radius 1 is 0.842 bits per heavy atom. The fourth-order valence-corrected chi connectivity index (χ4v) is 1.92. The third-order valence-corrected chi connectivity index (χ3v) is 2.94. The first-order valence-corrected chi connectivity index (χ1v) is 5.57. The van der Waals surface area contributed by atoms with E-state index in [1.807, 2.05) is 0 Å². The van der Waals surface area contributed by atoms with Gasteiger partial charge in [-0.05, 0) is 30.7 Å². The Balaban J connectivity index is 2.63. The summed E-state index contributed by atoms with van der Waals surface area (Å²) in [7, 11) is 0. The molecule has 5 heteroatoms. The van der Waals surface area contributed by atoms with Crippen LogP contribution in [0.5, 0.6) is 0 Å². The van der Waals surface area contributed by atoms with Crippen LogP contribution in [0, 0.1) is 30.2 Å². The quantitative estimate of drug-likeness (QED) is 0.828. The van der Waals surface area contributed by atoms with Crippen molar-refractivity contribution in [3.8, 4) is 0 Å². The van der Waals surface area contributed by atoms with Gasteiger partial charge in [0.1, 0.15) is 23.3 Å². The Morgan fingerprint density at radius 2 is 1.37 bits per heavy atom. The number of rotatable bonds is 2. The van der Waals surface area contributed by atoms with Crippen LogP contribution in [-0.2, 0) is 0 Å². The summed E-state index contributed by atoms with van der Waals surface area (Å²) >= 11 is 0. The molecule has 0 amide bonds. The van der Waals surface area contributed by atoms with Crippen molar-refractivity contribution in [2.45, 2.75) is 13.0 Å². The van der Waals surface area contributed by atoms with E-state index in [2.05, 4.69) is 0 Å². The summed E-state index contributed by atoms with van der Waals surface area (Å²) in [5.74, 6) is -3.70. The highest BCUT2D eigenvalue weighted by molar-refractivity contribution is 5.37. The van der Waals surface area contributed by atoms with Gasteiger partial charge < -0.3 is 5.73 Å². The zero-order valence-corrected chi connectivity index (χ0v) is 10.1. The molecule has 0 aromatic heterocycles. The fraction of sp³-hybridized carbons (Fsp3) is 0.143. The zero-order chi connectivity index (χ0) is 14.2. The van der Waals surface area contributed by atoms with Crippen LogP contribution in [0.3, 0.4) is 0 Å². The molecule has 0 saturated heterocycles. The maximum absolute atomic E-state index is 13.9. The van der Waals surface area contributed by atoms with Gasteiger partial charge in [-0.2, -0.15) is 0 Å². The lowest BCUT2D eigenvalue weighted by Crippen LogP contribution is -2.19. The van der Waals surface area contributed by atoms with Gasteiger partial charge in [-0.3, -0.25) is 0 Å². The summed E-state index contributed by atoms with van der Waals surface area (Å²) in [6.07, 6.45) is 0. The number of aryl methyl sites for hydroxylation is 1. The van der Waals surface area contributed by atoms with E-state index in [0.29, 0.717) is 0 Å². The van der Waals surface area contributed by atoms with Crippen molar-refractivity contribution in [1.29, 1.82) is 0 Å². The third-order valence-electron chi connectivity index (χ3n) is 2.94. The highest BCUT2D eigenvalue weighted by Gasteiger charge is 2.24. The summed E-state index contributed by atoms with van der Waals surface area (Å²) in [6.45, 7) is 1.42. The van der Waals surface area contributed by atoms with Crippen LogP contribution in [0.2, 0.25) is 0 Å². The smallest absolute Gasteiger partial charge is 0.134 e. The molecule has 0 fully saturated rings. The minimum Gasteiger partial charge on any atom is -0.320 e. The molecule has 1 nitrogen and oxygen atoms in total. The van der Waals surface area contributed by atoms with Crippen LogP contribution in [0.1, 0.15) is 22.7 Å². The summed E-state index contributed by atoms with van der Waals surface area (Å²) in [4.78, 5) is 0. The standard InChI is InChI=1S/C14H11F4N/c1-7-5-6-10(17)12(13(7)18)14(19)11-8(15)3-2-4-9(11)16/h2-6,14H,19H2,1H3. The van der Waals surface area contributed by atoms with Crippen molar-refractivity contribution < 1.29 is 17.6 Å². The normalized spacial score (nSPS) is 12.5. The number of benzene rings is 2. The summed E-state index contributed by atoms with van der Waals surface area (Å²) in [6, 6.07) is 3.85. The van der Waals surface area contributed by atoms with Gasteiger partial charge >= 0.3 is 0 Å². The van der Waals surface area contributed by atoms with Crippen molar-refractivity contribution >= 4 is 0 Å². The largest absolute Gasteiger partial charge is 0.320 e. The molecule has 2 rings (SSSR count). The van der Waals surface area contributed by atoms with E-state index in [9.17, 15) is 17.6 Å². The maximum Gasteiger partial charge on any atom is 0.134 e. The van der Waals surface area contributed by atoms with E-state index in [0.717, 1.165) is 24.3 Å². The monoisotopic (exact) mass is 269 g/mol. The van der Waals surface area contributed by atoms with Crippen LogP contribution in [0.15, 0.2) is 30.3 Å². The Labute approximate surface area is 107 Å². The van der Waals surface area contributed by atoms with Crippen molar-refractivity contribution in [3.63, 3.8) is 0 Å². The number of hydrogen-bond donors (Lipinski definition) is 1. The Bertz CT molecular complexity index is 605. The van der Waals surface area contributed by atoms with E-state index in [-0.39, 0.29) is 5.56 Å². The molecule has 0 saturated carbocycles. The minimum absolute atomic E-state index is 0.156. The highest BCUT2D eigenvalue weighted by atomic mass is 19.1. The molecule has 1 unspecified atom stereocenters. The van der Waals surface area contributed by atoms with Crippen molar-refractivity contribution in [2.24, 2.45) is 5.73 Å². The lowest BCUT2D eigenvalue weighted by Gasteiger charge is -2.16. The van der Waals surface area contributed by atoms with Crippen molar-refractivity contribution in [1.82, 2.24) is 0 Å². The fourth-order valence-electron chi connectivity index (χ4n) is 1.92. The molecule has 2 N–H and O–H groups in total. The van der Waals surface area contributed by atoms with E-state index in [1.165, 1.54) is 13.0 Å². The van der Waals surface area contributed by atoms with Gasteiger partial charge in [0.2, 0.25) is 0 Å². The first kappa shape index (κ1) is 13.5. The highest BCUT2D eigenvalue weighted by Crippen LogP contribution is 2.29. The van der Waals surface area contributed by atoms with Crippen molar-refractivity contribution in [3.05, 3.63) is 70.3 Å². The second-order valence-corrected chi connectivity index (χ2v) is 4.20. The van der Waals surface area contributed by atoms with Crippen LogP contribution < -0.4 is 5.73 Å². The summed E-state index contributed by atoms with van der Waals surface area (Å²) in [5.41, 5.74) is 4.70. The molecular weight excluding hydrogens is 258 g/mol. The molecule has 19 heavy (non-hydrogen) atoms. The Kier molecular flexibility index (Phi) is 3.57. The van der Waals surface area contributed by atoms with Gasteiger partial charge in [-0.25, -0.2) is 17.6 Å². The second-order valence-electron chi connectivity index (χ2n) is 4.20. The molecule has 2 aromatic rings. The molecule has 1 atom stereocenters. The molecular formula is C14H11F4N. The lowest BCUT2D eigenvalue weighted by molar-refractivity contribution is 0.508. The number of halogens is 4. The van der Waals surface area contributed by atoms with Gasteiger partial charge in [-0.1, -0.05) is 12.1 Å². The lowest BCUT2D eigenvalue weighted by atomic mass is 9.96. The second kappa shape index (κ2) is 5.01.